The van der Waals surface area contributed by atoms with Gasteiger partial charge in [-0.25, -0.2) is 9.37 Å². The van der Waals surface area contributed by atoms with Crippen LogP contribution in [0.1, 0.15) is 37.1 Å². The van der Waals surface area contributed by atoms with Gasteiger partial charge in [0.15, 0.2) is 0 Å². The number of halogens is 1. The van der Waals surface area contributed by atoms with Gasteiger partial charge in [0, 0.05) is 25.0 Å². The second-order valence-electron chi connectivity index (χ2n) is 5.91. The molecule has 116 valence electrons. The highest BCUT2D eigenvalue weighted by Gasteiger charge is 2.44. The van der Waals surface area contributed by atoms with Gasteiger partial charge in [0.25, 0.3) is 0 Å². The zero-order valence-corrected chi connectivity index (χ0v) is 12.7. The average Bonchev–Trinajstić information content (AvgIpc) is 3.15. The van der Waals surface area contributed by atoms with E-state index in [0.717, 1.165) is 18.7 Å². The summed E-state index contributed by atoms with van der Waals surface area (Å²) in [5, 5.41) is 2.95. The lowest BCUT2D eigenvalue weighted by Gasteiger charge is -2.28. The van der Waals surface area contributed by atoms with Crippen LogP contribution >= 0.6 is 0 Å². The first-order valence-electron chi connectivity index (χ1n) is 7.63. The van der Waals surface area contributed by atoms with Gasteiger partial charge >= 0.3 is 0 Å². The smallest absolute Gasteiger partial charge is 0.231 e. The number of carbonyl (C=O) groups excluding carboxylic acids is 1. The van der Waals surface area contributed by atoms with Gasteiger partial charge in [-0.3, -0.25) is 4.79 Å². The molecule has 4 nitrogen and oxygen atoms in total. The molecule has 0 bridgehead atoms. The molecule has 1 heterocycles. The molecule has 0 radical (unpaired) electrons. The number of hydrogen-bond donors (Lipinski definition) is 1. The number of hydrogen-bond acceptors (Lipinski definition) is 2. The van der Waals surface area contributed by atoms with Crippen molar-refractivity contribution in [2.24, 2.45) is 7.05 Å². The van der Waals surface area contributed by atoms with E-state index in [1.165, 1.54) is 6.07 Å². The van der Waals surface area contributed by atoms with Crippen LogP contribution in [0.2, 0.25) is 0 Å². The number of imidazole rings is 1. The van der Waals surface area contributed by atoms with Gasteiger partial charge in [0.05, 0.1) is 12.0 Å². The van der Waals surface area contributed by atoms with Crippen molar-refractivity contribution in [3.8, 4) is 0 Å². The van der Waals surface area contributed by atoms with E-state index < -0.39 is 5.41 Å². The third-order valence-electron chi connectivity index (χ3n) is 4.61. The van der Waals surface area contributed by atoms with Crippen molar-refractivity contribution in [1.29, 1.82) is 0 Å². The summed E-state index contributed by atoms with van der Waals surface area (Å²) in [5.74, 6) is 0.393. The Hall–Kier alpha value is -2.17. The summed E-state index contributed by atoms with van der Waals surface area (Å²) in [7, 11) is 1.89. The van der Waals surface area contributed by atoms with E-state index in [4.69, 9.17) is 0 Å². The summed E-state index contributed by atoms with van der Waals surface area (Å²) in [4.78, 5) is 17.0. The number of benzene rings is 1. The van der Waals surface area contributed by atoms with Crippen molar-refractivity contribution >= 4 is 5.91 Å². The first-order valence-corrected chi connectivity index (χ1v) is 7.63. The largest absolute Gasteiger partial charge is 0.348 e. The van der Waals surface area contributed by atoms with Gasteiger partial charge in [-0.05, 0) is 18.9 Å². The van der Waals surface area contributed by atoms with E-state index in [2.05, 4.69) is 10.3 Å². The van der Waals surface area contributed by atoms with Crippen LogP contribution in [-0.2, 0) is 23.8 Å². The van der Waals surface area contributed by atoms with E-state index in [1.54, 1.807) is 24.4 Å². The molecule has 22 heavy (non-hydrogen) atoms. The van der Waals surface area contributed by atoms with E-state index in [1.807, 2.05) is 17.8 Å². The molecular weight excluding hydrogens is 281 g/mol. The van der Waals surface area contributed by atoms with Crippen LogP contribution in [0, 0.1) is 5.82 Å². The van der Waals surface area contributed by atoms with Gasteiger partial charge in [-0.1, -0.05) is 31.0 Å². The molecule has 0 saturated heterocycles. The summed E-state index contributed by atoms with van der Waals surface area (Å²) in [6.45, 7) is 0.360. The van der Waals surface area contributed by atoms with Crippen LogP contribution in [0.4, 0.5) is 4.39 Å². The molecule has 2 aromatic rings. The van der Waals surface area contributed by atoms with E-state index in [0.29, 0.717) is 24.9 Å². The standard InChI is InChI=1S/C17H20FN3O/c1-21-11-10-19-15(21)12-20-16(22)17(8-4-5-9-17)13-6-2-3-7-14(13)18/h2-3,6-7,10-11H,4-5,8-9,12H2,1H3,(H,20,22). The van der Waals surface area contributed by atoms with Gasteiger partial charge in [-0.15, -0.1) is 0 Å². The molecule has 1 N–H and O–H groups in total. The number of nitrogens with one attached hydrogen (secondary N) is 1. The van der Waals surface area contributed by atoms with Gasteiger partial charge in [0.2, 0.25) is 5.91 Å². The SMILES string of the molecule is Cn1ccnc1CNC(=O)C1(c2ccccc2F)CCCC1. The Bertz CT molecular complexity index is 674. The van der Waals surface area contributed by atoms with Crippen molar-refractivity contribution in [2.45, 2.75) is 37.6 Å². The number of nitrogens with zero attached hydrogens (tertiary/aromatic N) is 2. The van der Waals surface area contributed by atoms with Crippen molar-refractivity contribution in [2.75, 3.05) is 0 Å². The predicted molar refractivity (Wildman–Crippen MR) is 81.6 cm³/mol. The van der Waals surface area contributed by atoms with Crippen LogP contribution < -0.4 is 5.32 Å². The third-order valence-corrected chi connectivity index (χ3v) is 4.61. The molecule has 0 unspecified atom stereocenters. The summed E-state index contributed by atoms with van der Waals surface area (Å²) in [6.07, 6.45) is 6.82. The lowest BCUT2D eigenvalue weighted by Crippen LogP contribution is -2.43. The number of carbonyl (C=O) groups is 1. The number of aromatic nitrogens is 2. The molecule has 1 amide bonds. The molecule has 1 aliphatic rings. The molecule has 1 aromatic heterocycles. The monoisotopic (exact) mass is 301 g/mol. The third kappa shape index (κ3) is 2.51. The number of aryl methyl sites for hydroxylation is 1. The normalized spacial score (nSPS) is 16.6. The van der Waals surface area contributed by atoms with Crippen molar-refractivity contribution in [3.63, 3.8) is 0 Å². The summed E-state index contributed by atoms with van der Waals surface area (Å²) < 4.78 is 16.1. The zero-order valence-electron chi connectivity index (χ0n) is 12.7. The lowest BCUT2D eigenvalue weighted by atomic mass is 9.77. The second-order valence-corrected chi connectivity index (χ2v) is 5.91. The minimum atomic E-state index is -0.740. The summed E-state index contributed by atoms with van der Waals surface area (Å²) >= 11 is 0. The highest BCUT2D eigenvalue weighted by atomic mass is 19.1. The molecular formula is C17H20FN3O. The summed E-state index contributed by atoms with van der Waals surface area (Å²) in [5.41, 5.74) is -0.221. The number of amides is 1. The minimum absolute atomic E-state index is 0.0990. The molecule has 1 fully saturated rings. The lowest BCUT2D eigenvalue weighted by molar-refractivity contribution is -0.127. The molecule has 1 aromatic carbocycles. The number of rotatable bonds is 4. The molecule has 1 aliphatic carbocycles. The highest BCUT2D eigenvalue weighted by molar-refractivity contribution is 5.88. The minimum Gasteiger partial charge on any atom is -0.348 e. The topological polar surface area (TPSA) is 46.9 Å². The van der Waals surface area contributed by atoms with E-state index in [-0.39, 0.29) is 11.7 Å². The van der Waals surface area contributed by atoms with Crippen molar-refractivity contribution in [1.82, 2.24) is 14.9 Å². The van der Waals surface area contributed by atoms with Crippen LogP contribution in [0.15, 0.2) is 36.7 Å². The Morgan fingerprint density at radius 2 is 2.09 bits per heavy atom. The zero-order chi connectivity index (χ0) is 15.6. The average molecular weight is 301 g/mol. The van der Waals surface area contributed by atoms with Crippen LogP contribution in [0.3, 0.4) is 0 Å². The fourth-order valence-electron chi connectivity index (χ4n) is 3.34. The molecule has 0 aliphatic heterocycles. The quantitative estimate of drug-likeness (QED) is 0.944. The maximum Gasteiger partial charge on any atom is 0.231 e. The van der Waals surface area contributed by atoms with Crippen LogP contribution in [0.5, 0.6) is 0 Å². The second kappa shape index (κ2) is 5.91. The van der Waals surface area contributed by atoms with Crippen molar-refractivity contribution in [3.05, 3.63) is 53.9 Å². The first kappa shape index (κ1) is 14.8. The Balaban J connectivity index is 1.83. The molecule has 1 saturated carbocycles. The van der Waals surface area contributed by atoms with Crippen LogP contribution in [-0.4, -0.2) is 15.5 Å². The van der Waals surface area contributed by atoms with Gasteiger partial charge < -0.3 is 9.88 Å². The molecule has 0 atom stereocenters. The van der Waals surface area contributed by atoms with Gasteiger partial charge in [-0.2, -0.15) is 0 Å². The van der Waals surface area contributed by atoms with E-state index in [9.17, 15) is 9.18 Å². The maximum atomic E-state index is 14.2. The van der Waals surface area contributed by atoms with Gasteiger partial charge in [0.1, 0.15) is 11.6 Å². The fourth-order valence-corrected chi connectivity index (χ4v) is 3.34. The van der Waals surface area contributed by atoms with Crippen LogP contribution in [0.25, 0.3) is 0 Å². The van der Waals surface area contributed by atoms with Crippen molar-refractivity contribution < 1.29 is 9.18 Å². The molecule has 3 rings (SSSR count). The Kier molecular flexibility index (Phi) is 3.96. The fraction of sp³-hybridized carbons (Fsp3) is 0.412. The predicted octanol–water partition coefficient (Wildman–Crippen LogP) is 2.69. The Labute approximate surface area is 129 Å². The first-order chi connectivity index (χ1) is 10.6. The maximum absolute atomic E-state index is 14.2. The van der Waals surface area contributed by atoms with E-state index >= 15 is 0 Å². The highest BCUT2D eigenvalue weighted by Crippen LogP contribution is 2.42. The molecule has 0 spiro atoms. The Morgan fingerprint density at radius 3 is 2.73 bits per heavy atom. The molecule has 5 heteroatoms. The summed E-state index contributed by atoms with van der Waals surface area (Å²) in [6, 6.07) is 6.63. The Morgan fingerprint density at radius 1 is 1.36 bits per heavy atom.